The number of ether oxygens (including phenoxy) is 1. The summed E-state index contributed by atoms with van der Waals surface area (Å²) in [6.07, 6.45) is -3.33. The highest BCUT2D eigenvalue weighted by Crippen LogP contribution is 2.25. The minimum atomic E-state index is -3.01. The quantitative estimate of drug-likeness (QED) is 0.826. The lowest BCUT2D eigenvalue weighted by Crippen LogP contribution is -2.11. The molecule has 1 aromatic rings. The number of hydrogen-bond acceptors (Lipinski definition) is 4. The molecule has 2 N–H and O–H groups in total. The van der Waals surface area contributed by atoms with Crippen molar-refractivity contribution in [3.05, 3.63) is 23.1 Å². The molecule has 0 saturated heterocycles. The predicted octanol–water partition coefficient (Wildman–Crippen LogP) is 1.85. The van der Waals surface area contributed by atoms with Crippen molar-refractivity contribution < 1.29 is 22.7 Å². The van der Waals surface area contributed by atoms with Gasteiger partial charge in [-0.1, -0.05) is 0 Å². The Morgan fingerprint density at radius 3 is 2.76 bits per heavy atom. The van der Waals surface area contributed by atoms with E-state index < -0.39 is 29.6 Å². The smallest absolute Gasteiger partial charge is 0.311 e. The van der Waals surface area contributed by atoms with Gasteiger partial charge >= 0.3 is 5.97 Å². The van der Waals surface area contributed by atoms with Gasteiger partial charge in [0.15, 0.2) is 11.6 Å². The first-order valence-electron chi connectivity index (χ1n) is 4.84. The first-order valence-corrected chi connectivity index (χ1v) is 4.84. The minimum Gasteiger partial charge on any atom is -0.466 e. The number of hydrogen-bond donors (Lipinski definition) is 1. The van der Waals surface area contributed by atoms with Crippen molar-refractivity contribution in [3.8, 4) is 0 Å². The van der Waals surface area contributed by atoms with Gasteiger partial charge in [-0.25, -0.2) is 18.2 Å². The lowest BCUT2D eigenvalue weighted by molar-refractivity contribution is -0.142. The Hall–Kier alpha value is -1.79. The Morgan fingerprint density at radius 2 is 2.24 bits per heavy atom. The van der Waals surface area contributed by atoms with Crippen molar-refractivity contribution >= 4 is 11.8 Å². The molecule has 7 heteroatoms. The van der Waals surface area contributed by atoms with Crippen LogP contribution in [-0.4, -0.2) is 17.6 Å². The van der Waals surface area contributed by atoms with E-state index in [1.165, 1.54) is 0 Å². The second kappa shape index (κ2) is 5.51. The Labute approximate surface area is 95.6 Å². The number of carbonyl (C=O) groups excluding carboxylic acids is 1. The van der Waals surface area contributed by atoms with Gasteiger partial charge in [0.25, 0.3) is 6.43 Å². The number of anilines is 1. The average Bonchev–Trinajstić information content (AvgIpc) is 2.23. The van der Waals surface area contributed by atoms with Crippen LogP contribution in [0.3, 0.4) is 0 Å². The highest BCUT2D eigenvalue weighted by molar-refractivity contribution is 5.72. The highest BCUT2D eigenvalue weighted by Gasteiger charge is 2.19. The van der Waals surface area contributed by atoms with E-state index in [9.17, 15) is 18.0 Å². The molecule has 0 saturated carbocycles. The minimum absolute atomic E-state index is 0.0438. The van der Waals surface area contributed by atoms with E-state index in [-0.39, 0.29) is 18.7 Å². The van der Waals surface area contributed by atoms with Crippen LogP contribution in [0, 0.1) is 5.82 Å². The normalized spacial score (nSPS) is 10.6. The van der Waals surface area contributed by atoms with Gasteiger partial charge in [-0.2, -0.15) is 0 Å². The Kier molecular flexibility index (Phi) is 4.30. The van der Waals surface area contributed by atoms with Crippen LogP contribution >= 0.6 is 0 Å². The third kappa shape index (κ3) is 3.33. The second-order valence-corrected chi connectivity index (χ2v) is 3.18. The molecule has 0 radical (unpaired) electrons. The van der Waals surface area contributed by atoms with Crippen molar-refractivity contribution in [2.24, 2.45) is 0 Å². The third-order valence-corrected chi connectivity index (χ3v) is 1.93. The van der Waals surface area contributed by atoms with Crippen LogP contribution in [0.4, 0.5) is 19.0 Å². The summed E-state index contributed by atoms with van der Waals surface area (Å²) in [7, 11) is 0. The van der Waals surface area contributed by atoms with Gasteiger partial charge in [0.2, 0.25) is 0 Å². The van der Waals surface area contributed by atoms with Crippen LogP contribution in [0.25, 0.3) is 0 Å². The van der Waals surface area contributed by atoms with Gasteiger partial charge in [-0.05, 0) is 13.0 Å². The lowest BCUT2D eigenvalue weighted by atomic mass is 10.2. The Balaban J connectivity index is 2.98. The average molecular weight is 248 g/mol. The highest BCUT2D eigenvalue weighted by atomic mass is 19.3. The maximum Gasteiger partial charge on any atom is 0.311 e. The molecule has 0 bridgehead atoms. The second-order valence-electron chi connectivity index (χ2n) is 3.18. The fourth-order valence-corrected chi connectivity index (χ4v) is 1.24. The Bertz CT molecular complexity index is 424. The maximum atomic E-state index is 13.1. The summed E-state index contributed by atoms with van der Waals surface area (Å²) in [6, 6.07) is 0.813. The molecule has 0 unspecified atom stereocenters. The molecule has 0 aliphatic rings. The number of halogens is 3. The molecule has 17 heavy (non-hydrogen) atoms. The molecule has 1 rings (SSSR count). The van der Waals surface area contributed by atoms with Crippen LogP contribution in [0.15, 0.2) is 6.07 Å². The number of alkyl halides is 2. The zero-order valence-electron chi connectivity index (χ0n) is 9.04. The molecular formula is C10H11F3N2O2. The van der Waals surface area contributed by atoms with E-state index in [0.29, 0.717) is 0 Å². The topological polar surface area (TPSA) is 65.2 Å². The van der Waals surface area contributed by atoms with Gasteiger partial charge in [0, 0.05) is 0 Å². The lowest BCUT2D eigenvalue weighted by Gasteiger charge is -2.07. The van der Waals surface area contributed by atoms with E-state index in [4.69, 9.17) is 5.73 Å². The fraction of sp³-hybridized carbons (Fsp3) is 0.400. The van der Waals surface area contributed by atoms with Crippen molar-refractivity contribution in [2.45, 2.75) is 19.8 Å². The molecule has 0 aromatic carbocycles. The molecule has 0 aliphatic heterocycles. The standard InChI is InChI=1S/C10H11F3N2O2/c1-2-17-7(16)4-5-3-6(9(12)13)8(11)10(14)15-5/h3,9H,2,4H2,1H3,(H2,14,15). The molecule has 1 aromatic heterocycles. The van der Waals surface area contributed by atoms with Crippen LogP contribution in [-0.2, 0) is 16.0 Å². The van der Waals surface area contributed by atoms with E-state index >= 15 is 0 Å². The summed E-state index contributed by atoms with van der Waals surface area (Å²) in [5, 5.41) is 0. The van der Waals surface area contributed by atoms with Crippen molar-refractivity contribution in [2.75, 3.05) is 12.3 Å². The van der Waals surface area contributed by atoms with E-state index in [0.717, 1.165) is 6.07 Å². The third-order valence-electron chi connectivity index (χ3n) is 1.93. The number of nitrogens with zero attached hydrogens (tertiary/aromatic N) is 1. The SMILES string of the molecule is CCOC(=O)Cc1cc(C(F)F)c(F)c(N)n1. The monoisotopic (exact) mass is 248 g/mol. The predicted molar refractivity (Wildman–Crippen MR) is 53.9 cm³/mol. The maximum absolute atomic E-state index is 13.1. The van der Waals surface area contributed by atoms with Gasteiger partial charge in [0.05, 0.1) is 24.3 Å². The zero-order valence-corrected chi connectivity index (χ0v) is 9.04. The number of pyridine rings is 1. The van der Waals surface area contributed by atoms with E-state index in [2.05, 4.69) is 9.72 Å². The first-order chi connectivity index (χ1) is 7.95. The van der Waals surface area contributed by atoms with Gasteiger partial charge in [0.1, 0.15) is 0 Å². The van der Waals surface area contributed by atoms with Crippen molar-refractivity contribution in [3.63, 3.8) is 0 Å². The number of esters is 1. The zero-order chi connectivity index (χ0) is 13.0. The summed E-state index contributed by atoms with van der Waals surface area (Å²) in [5.74, 6) is -2.54. The number of carbonyl (C=O) groups is 1. The number of nitrogens with two attached hydrogens (primary N) is 1. The molecular weight excluding hydrogens is 237 g/mol. The molecule has 1 heterocycles. The van der Waals surface area contributed by atoms with E-state index in [1.54, 1.807) is 6.92 Å². The largest absolute Gasteiger partial charge is 0.466 e. The summed E-state index contributed by atoms with van der Waals surface area (Å²) in [4.78, 5) is 14.6. The fourth-order valence-electron chi connectivity index (χ4n) is 1.24. The molecule has 0 amide bonds. The Morgan fingerprint density at radius 1 is 1.59 bits per heavy atom. The van der Waals surface area contributed by atoms with Crippen molar-refractivity contribution in [1.82, 2.24) is 4.98 Å². The first kappa shape index (κ1) is 13.3. The molecule has 4 nitrogen and oxygen atoms in total. The number of rotatable bonds is 4. The number of aromatic nitrogens is 1. The van der Waals surface area contributed by atoms with Crippen LogP contribution in [0.2, 0.25) is 0 Å². The number of nitrogen functional groups attached to an aromatic ring is 1. The van der Waals surface area contributed by atoms with Crippen LogP contribution in [0.1, 0.15) is 24.6 Å². The van der Waals surface area contributed by atoms with Gasteiger partial charge in [-0.3, -0.25) is 4.79 Å². The van der Waals surface area contributed by atoms with Crippen molar-refractivity contribution in [1.29, 1.82) is 0 Å². The van der Waals surface area contributed by atoms with Crippen LogP contribution < -0.4 is 5.73 Å². The molecule has 0 spiro atoms. The van der Waals surface area contributed by atoms with Crippen LogP contribution in [0.5, 0.6) is 0 Å². The summed E-state index contributed by atoms with van der Waals surface area (Å²) >= 11 is 0. The molecule has 94 valence electrons. The summed E-state index contributed by atoms with van der Waals surface area (Å²) in [5.41, 5.74) is 4.23. The molecule has 0 fully saturated rings. The van der Waals surface area contributed by atoms with Gasteiger partial charge in [-0.15, -0.1) is 0 Å². The molecule has 0 aliphatic carbocycles. The van der Waals surface area contributed by atoms with E-state index in [1.807, 2.05) is 0 Å². The summed E-state index contributed by atoms with van der Waals surface area (Å²) < 4.78 is 42.6. The van der Waals surface area contributed by atoms with Gasteiger partial charge < -0.3 is 10.5 Å². The molecule has 0 atom stereocenters. The summed E-state index contributed by atoms with van der Waals surface area (Å²) in [6.45, 7) is 1.77.